The van der Waals surface area contributed by atoms with Crippen molar-refractivity contribution in [2.45, 2.75) is 13.0 Å². The molecule has 0 saturated carbocycles. The standard InChI is InChI=1S/C16H19N7/c1-2-5-14(6-3-1)13-21-9-4-10-22(12-11-21)16-8-7-15-17-19-20-23(15)18-16/h1-3,5-8H,4,9-13H2. The summed E-state index contributed by atoms with van der Waals surface area (Å²) >= 11 is 0. The van der Waals surface area contributed by atoms with Crippen molar-refractivity contribution in [3.05, 3.63) is 48.0 Å². The first-order valence-corrected chi connectivity index (χ1v) is 7.95. The van der Waals surface area contributed by atoms with Crippen molar-refractivity contribution >= 4 is 11.5 Å². The molecule has 23 heavy (non-hydrogen) atoms. The van der Waals surface area contributed by atoms with E-state index in [4.69, 9.17) is 0 Å². The maximum atomic E-state index is 4.50. The van der Waals surface area contributed by atoms with Crippen LogP contribution in [0.2, 0.25) is 0 Å². The van der Waals surface area contributed by atoms with E-state index in [9.17, 15) is 0 Å². The monoisotopic (exact) mass is 309 g/mol. The summed E-state index contributed by atoms with van der Waals surface area (Å²) in [6.07, 6.45) is 1.13. The molecule has 1 aliphatic heterocycles. The molecular weight excluding hydrogens is 290 g/mol. The fraction of sp³-hybridized carbons (Fsp3) is 0.375. The largest absolute Gasteiger partial charge is 0.354 e. The van der Waals surface area contributed by atoms with Crippen molar-refractivity contribution in [2.75, 3.05) is 31.1 Å². The van der Waals surface area contributed by atoms with Gasteiger partial charge in [0.15, 0.2) is 11.5 Å². The molecule has 7 heteroatoms. The topological polar surface area (TPSA) is 62.5 Å². The van der Waals surface area contributed by atoms with Crippen LogP contribution in [-0.4, -0.2) is 56.3 Å². The highest BCUT2D eigenvalue weighted by atomic mass is 15.6. The van der Waals surface area contributed by atoms with Gasteiger partial charge in [-0.2, -0.15) is 0 Å². The van der Waals surface area contributed by atoms with E-state index in [1.807, 2.05) is 12.1 Å². The third-order valence-electron chi connectivity index (χ3n) is 4.22. The van der Waals surface area contributed by atoms with Crippen molar-refractivity contribution in [1.82, 2.24) is 30.2 Å². The Morgan fingerprint density at radius 1 is 0.913 bits per heavy atom. The molecule has 2 aromatic heterocycles. The molecule has 0 aliphatic carbocycles. The van der Waals surface area contributed by atoms with Crippen LogP contribution in [0.15, 0.2) is 42.5 Å². The molecular formula is C16H19N7. The number of benzene rings is 1. The van der Waals surface area contributed by atoms with Crippen molar-refractivity contribution in [3.63, 3.8) is 0 Å². The average molecular weight is 309 g/mol. The lowest BCUT2D eigenvalue weighted by Crippen LogP contribution is -2.31. The van der Waals surface area contributed by atoms with E-state index < -0.39 is 0 Å². The van der Waals surface area contributed by atoms with Crippen LogP contribution in [0.5, 0.6) is 0 Å². The lowest BCUT2D eigenvalue weighted by molar-refractivity contribution is 0.285. The van der Waals surface area contributed by atoms with Gasteiger partial charge in [0.2, 0.25) is 0 Å². The molecule has 0 radical (unpaired) electrons. The lowest BCUT2D eigenvalue weighted by atomic mass is 10.2. The minimum absolute atomic E-state index is 0.675. The van der Waals surface area contributed by atoms with Crippen molar-refractivity contribution in [2.24, 2.45) is 0 Å². The fourth-order valence-electron chi connectivity index (χ4n) is 3.01. The van der Waals surface area contributed by atoms with Crippen LogP contribution in [0.1, 0.15) is 12.0 Å². The van der Waals surface area contributed by atoms with Gasteiger partial charge >= 0.3 is 0 Å². The Labute approximate surface area is 134 Å². The molecule has 0 atom stereocenters. The third-order valence-corrected chi connectivity index (χ3v) is 4.22. The van der Waals surface area contributed by atoms with E-state index in [1.54, 1.807) is 0 Å². The SMILES string of the molecule is c1ccc(CN2CCCN(c3ccc4nnnn4n3)CC2)cc1. The summed E-state index contributed by atoms with van der Waals surface area (Å²) in [7, 11) is 0. The van der Waals surface area contributed by atoms with Crippen LogP contribution >= 0.6 is 0 Å². The predicted octanol–water partition coefficient (Wildman–Crippen LogP) is 1.23. The fourth-order valence-corrected chi connectivity index (χ4v) is 3.01. The summed E-state index contributed by atoms with van der Waals surface area (Å²) in [5.41, 5.74) is 2.04. The van der Waals surface area contributed by atoms with Gasteiger partial charge < -0.3 is 4.90 Å². The first-order valence-electron chi connectivity index (χ1n) is 7.95. The Morgan fingerprint density at radius 2 is 1.83 bits per heavy atom. The minimum atomic E-state index is 0.675. The maximum Gasteiger partial charge on any atom is 0.200 e. The van der Waals surface area contributed by atoms with Crippen molar-refractivity contribution in [3.8, 4) is 0 Å². The summed E-state index contributed by atoms with van der Waals surface area (Å²) in [6.45, 7) is 5.12. The Hall–Kier alpha value is -2.54. The first kappa shape index (κ1) is 14.1. The highest BCUT2D eigenvalue weighted by molar-refractivity contribution is 5.44. The minimum Gasteiger partial charge on any atom is -0.354 e. The van der Waals surface area contributed by atoms with Crippen molar-refractivity contribution in [1.29, 1.82) is 0 Å². The van der Waals surface area contributed by atoms with Gasteiger partial charge in [-0.3, -0.25) is 4.90 Å². The molecule has 1 fully saturated rings. The molecule has 0 spiro atoms. The van der Waals surface area contributed by atoms with E-state index in [0.29, 0.717) is 5.65 Å². The lowest BCUT2D eigenvalue weighted by Gasteiger charge is -2.22. The van der Waals surface area contributed by atoms with E-state index >= 15 is 0 Å². The van der Waals surface area contributed by atoms with Gasteiger partial charge in [-0.05, 0) is 34.5 Å². The van der Waals surface area contributed by atoms with E-state index in [-0.39, 0.29) is 0 Å². The van der Waals surface area contributed by atoms with Crippen LogP contribution in [0.4, 0.5) is 5.82 Å². The van der Waals surface area contributed by atoms with Gasteiger partial charge in [0, 0.05) is 32.7 Å². The summed E-state index contributed by atoms with van der Waals surface area (Å²) in [6, 6.07) is 14.6. The zero-order valence-electron chi connectivity index (χ0n) is 12.9. The number of fused-ring (bicyclic) bond motifs is 1. The van der Waals surface area contributed by atoms with E-state index in [0.717, 1.165) is 45.0 Å². The van der Waals surface area contributed by atoms with E-state index in [2.05, 4.69) is 60.8 Å². The Bertz CT molecular complexity index is 770. The highest BCUT2D eigenvalue weighted by Gasteiger charge is 2.17. The van der Waals surface area contributed by atoms with E-state index in [1.165, 1.54) is 10.2 Å². The van der Waals surface area contributed by atoms with Crippen LogP contribution in [0, 0.1) is 0 Å². The number of aromatic nitrogens is 5. The molecule has 0 N–H and O–H groups in total. The zero-order valence-corrected chi connectivity index (χ0v) is 12.9. The highest BCUT2D eigenvalue weighted by Crippen LogP contribution is 2.15. The quantitative estimate of drug-likeness (QED) is 0.725. The van der Waals surface area contributed by atoms with Gasteiger partial charge in [-0.25, -0.2) is 0 Å². The number of rotatable bonds is 3. The summed E-state index contributed by atoms with van der Waals surface area (Å²) < 4.78 is 1.49. The number of anilines is 1. The summed E-state index contributed by atoms with van der Waals surface area (Å²) in [4.78, 5) is 4.82. The van der Waals surface area contributed by atoms with Crippen LogP contribution in [0.3, 0.4) is 0 Å². The first-order chi connectivity index (χ1) is 11.4. The Balaban J connectivity index is 1.44. The van der Waals surface area contributed by atoms with Gasteiger partial charge in [0.05, 0.1) is 0 Å². The number of tetrazole rings is 1. The second-order valence-corrected chi connectivity index (χ2v) is 5.82. The summed E-state index contributed by atoms with van der Waals surface area (Å²) in [5.74, 6) is 0.936. The molecule has 1 saturated heterocycles. The normalized spacial score (nSPS) is 16.6. The predicted molar refractivity (Wildman–Crippen MR) is 87.1 cm³/mol. The maximum absolute atomic E-state index is 4.50. The molecule has 118 valence electrons. The smallest absolute Gasteiger partial charge is 0.200 e. The molecule has 4 rings (SSSR count). The molecule has 7 nitrogen and oxygen atoms in total. The molecule has 0 amide bonds. The number of hydrogen-bond donors (Lipinski definition) is 0. The van der Waals surface area contributed by atoms with Gasteiger partial charge in [0.1, 0.15) is 0 Å². The third kappa shape index (κ3) is 3.14. The van der Waals surface area contributed by atoms with Crippen LogP contribution < -0.4 is 4.90 Å². The van der Waals surface area contributed by atoms with Crippen LogP contribution in [0.25, 0.3) is 5.65 Å². The average Bonchev–Trinajstić information content (AvgIpc) is 2.94. The number of nitrogens with zero attached hydrogens (tertiary/aromatic N) is 7. The Kier molecular flexibility index (Phi) is 3.85. The second-order valence-electron chi connectivity index (χ2n) is 5.82. The molecule has 3 aromatic rings. The van der Waals surface area contributed by atoms with Gasteiger partial charge in [-0.1, -0.05) is 30.3 Å². The van der Waals surface area contributed by atoms with Crippen LogP contribution in [-0.2, 0) is 6.54 Å². The van der Waals surface area contributed by atoms with Crippen molar-refractivity contribution < 1.29 is 0 Å². The Morgan fingerprint density at radius 3 is 2.74 bits per heavy atom. The second kappa shape index (κ2) is 6.29. The van der Waals surface area contributed by atoms with Gasteiger partial charge in [-0.15, -0.1) is 14.8 Å². The molecule has 0 unspecified atom stereocenters. The molecule has 3 heterocycles. The molecule has 1 aliphatic rings. The summed E-state index contributed by atoms with van der Waals surface area (Å²) in [5, 5.41) is 15.9. The molecule has 1 aromatic carbocycles. The molecule has 0 bridgehead atoms. The number of hydrogen-bond acceptors (Lipinski definition) is 6. The van der Waals surface area contributed by atoms with Gasteiger partial charge in [0.25, 0.3) is 0 Å². The zero-order chi connectivity index (χ0) is 15.5.